The number of carbonyl (C=O) groups is 1. The van der Waals surface area contributed by atoms with Gasteiger partial charge in [-0.3, -0.25) is 9.89 Å². The molecule has 124 valence electrons. The van der Waals surface area contributed by atoms with Gasteiger partial charge >= 0.3 is 0 Å². The molecular formula is C17H19N5OS. The van der Waals surface area contributed by atoms with E-state index in [0.717, 1.165) is 41.0 Å². The fourth-order valence-electron chi connectivity index (χ4n) is 3.37. The summed E-state index contributed by atoms with van der Waals surface area (Å²) in [6.07, 6.45) is 4.68. The van der Waals surface area contributed by atoms with Crippen molar-refractivity contribution >= 4 is 28.3 Å². The van der Waals surface area contributed by atoms with Crippen LogP contribution in [0.25, 0.3) is 11.0 Å². The van der Waals surface area contributed by atoms with Crippen LogP contribution in [0.1, 0.15) is 50.5 Å². The van der Waals surface area contributed by atoms with Crippen molar-refractivity contribution in [3.63, 3.8) is 0 Å². The molecule has 1 amide bonds. The minimum absolute atomic E-state index is 0.00565. The molecule has 1 unspecified atom stereocenters. The molecule has 0 aliphatic heterocycles. The van der Waals surface area contributed by atoms with Gasteiger partial charge in [0.15, 0.2) is 5.65 Å². The summed E-state index contributed by atoms with van der Waals surface area (Å²) in [6.45, 7) is 3.96. The Morgan fingerprint density at radius 2 is 2.25 bits per heavy atom. The molecule has 0 radical (unpaired) electrons. The molecule has 0 spiro atoms. The number of carbonyl (C=O) groups excluding carboxylic acids is 1. The fourth-order valence-corrected chi connectivity index (χ4v) is 4.52. The molecule has 4 rings (SSSR count). The summed E-state index contributed by atoms with van der Waals surface area (Å²) < 4.78 is 0. The number of pyridine rings is 1. The summed E-state index contributed by atoms with van der Waals surface area (Å²) in [5, 5.41) is 8.99. The summed E-state index contributed by atoms with van der Waals surface area (Å²) in [5.74, 6) is -0.00565. The van der Waals surface area contributed by atoms with Crippen LogP contribution < -0.4 is 0 Å². The number of hydrogen-bond donors (Lipinski definition) is 1. The predicted molar refractivity (Wildman–Crippen MR) is 93.2 cm³/mol. The normalized spacial score (nSPS) is 17.0. The van der Waals surface area contributed by atoms with Gasteiger partial charge in [-0.25, -0.2) is 9.97 Å². The number of aromatic amines is 1. The molecule has 3 aromatic rings. The minimum atomic E-state index is -0.00565. The smallest absolute Gasteiger partial charge is 0.255 e. The van der Waals surface area contributed by atoms with Gasteiger partial charge in [0.1, 0.15) is 0 Å². The maximum Gasteiger partial charge on any atom is 0.255 e. The van der Waals surface area contributed by atoms with E-state index < -0.39 is 0 Å². The third-order valence-corrected chi connectivity index (χ3v) is 5.78. The van der Waals surface area contributed by atoms with Crippen LogP contribution in [-0.4, -0.2) is 38.0 Å². The molecule has 0 bridgehead atoms. The van der Waals surface area contributed by atoms with E-state index in [1.807, 2.05) is 31.9 Å². The zero-order valence-corrected chi connectivity index (χ0v) is 14.8. The molecule has 1 aliphatic rings. The van der Waals surface area contributed by atoms with Crippen LogP contribution in [0.15, 0.2) is 12.3 Å². The molecule has 0 saturated carbocycles. The minimum Gasteiger partial charge on any atom is -0.334 e. The van der Waals surface area contributed by atoms with E-state index in [2.05, 4.69) is 20.2 Å². The van der Waals surface area contributed by atoms with Crippen LogP contribution in [0, 0.1) is 13.8 Å². The first-order valence-electron chi connectivity index (χ1n) is 8.08. The second kappa shape index (κ2) is 5.66. The van der Waals surface area contributed by atoms with E-state index in [9.17, 15) is 4.79 Å². The Morgan fingerprint density at radius 1 is 1.42 bits per heavy atom. The van der Waals surface area contributed by atoms with Crippen LogP contribution in [0.3, 0.4) is 0 Å². The van der Waals surface area contributed by atoms with Crippen molar-refractivity contribution in [3.8, 4) is 0 Å². The molecular weight excluding hydrogens is 322 g/mol. The van der Waals surface area contributed by atoms with E-state index in [-0.39, 0.29) is 11.9 Å². The summed E-state index contributed by atoms with van der Waals surface area (Å²) in [6, 6.07) is 1.98. The maximum atomic E-state index is 13.0. The molecule has 1 atom stereocenters. The van der Waals surface area contributed by atoms with Crippen LogP contribution in [-0.2, 0) is 6.42 Å². The van der Waals surface area contributed by atoms with Gasteiger partial charge in [0.05, 0.1) is 27.2 Å². The number of aromatic nitrogens is 4. The Balaban J connectivity index is 1.67. The third kappa shape index (κ3) is 2.39. The number of thiazole rings is 1. The first-order valence-corrected chi connectivity index (χ1v) is 8.90. The highest BCUT2D eigenvalue weighted by Gasteiger charge is 2.30. The van der Waals surface area contributed by atoms with Gasteiger partial charge in [0.2, 0.25) is 0 Å². The molecule has 24 heavy (non-hydrogen) atoms. The third-order valence-electron chi connectivity index (χ3n) is 4.66. The van der Waals surface area contributed by atoms with Crippen molar-refractivity contribution in [2.24, 2.45) is 0 Å². The van der Waals surface area contributed by atoms with Crippen LogP contribution in [0.4, 0.5) is 0 Å². The Bertz CT molecular complexity index is 928. The summed E-state index contributed by atoms with van der Waals surface area (Å²) in [4.78, 5) is 25.0. The van der Waals surface area contributed by atoms with Crippen molar-refractivity contribution in [3.05, 3.63) is 39.1 Å². The van der Waals surface area contributed by atoms with Gasteiger partial charge in [-0.1, -0.05) is 0 Å². The second-order valence-electron chi connectivity index (χ2n) is 6.31. The number of nitrogens with zero attached hydrogens (tertiary/aromatic N) is 4. The van der Waals surface area contributed by atoms with Gasteiger partial charge in [0.25, 0.3) is 5.91 Å². The largest absolute Gasteiger partial charge is 0.334 e. The zero-order valence-electron chi connectivity index (χ0n) is 14.0. The standard InChI is InChI=1S/C17H19N5OS/c1-9-12-7-11(8-18-16(12)21-20-9)17(23)22(3)14-6-4-5-13-15(14)24-10(2)19-13/h7-8,14H,4-6H2,1-3H3,(H,18,20,21). The molecule has 7 heteroatoms. The lowest BCUT2D eigenvalue weighted by molar-refractivity contribution is 0.0717. The van der Waals surface area contributed by atoms with Crippen molar-refractivity contribution in [2.45, 2.75) is 39.2 Å². The van der Waals surface area contributed by atoms with E-state index in [1.165, 1.54) is 4.88 Å². The highest BCUT2D eigenvalue weighted by molar-refractivity contribution is 7.11. The van der Waals surface area contributed by atoms with Gasteiger partial charge in [-0.15, -0.1) is 11.3 Å². The quantitative estimate of drug-likeness (QED) is 0.777. The maximum absolute atomic E-state index is 13.0. The summed E-state index contributed by atoms with van der Waals surface area (Å²) in [7, 11) is 1.88. The van der Waals surface area contributed by atoms with Crippen molar-refractivity contribution in [2.75, 3.05) is 7.05 Å². The Kier molecular flexibility index (Phi) is 3.60. The molecule has 1 aliphatic carbocycles. The Morgan fingerprint density at radius 3 is 3.08 bits per heavy atom. The highest BCUT2D eigenvalue weighted by atomic mass is 32.1. The lowest BCUT2D eigenvalue weighted by Crippen LogP contribution is -2.32. The number of hydrogen-bond acceptors (Lipinski definition) is 5. The lowest BCUT2D eigenvalue weighted by Gasteiger charge is -2.30. The first-order chi connectivity index (χ1) is 11.5. The SMILES string of the molecule is Cc1nc2c(s1)C(N(C)C(=O)c1cnc3n[nH]c(C)c3c1)CCC2. The summed E-state index contributed by atoms with van der Waals surface area (Å²) in [5.41, 5.74) is 3.33. The summed E-state index contributed by atoms with van der Waals surface area (Å²) >= 11 is 1.71. The molecule has 3 heterocycles. The molecule has 3 aromatic heterocycles. The molecule has 6 nitrogen and oxygen atoms in total. The predicted octanol–water partition coefficient (Wildman–Crippen LogP) is 3.18. The molecule has 0 fully saturated rings. The van der Waals surface area contributed by atoms with E-state index in [1.54, 1.807) is 17.5 Å². The van der Waals surface area contributed by atoms with Crippen molar-refractivity contribution in [1.82, 2.24) is 25.1 Å². The number of nitrogens with one attached hydrogen (secondary N) is 1. The van der Waals surface area contributed by atoms with E-state index in [0.29, 0.717) is 11.2 Å². The molecule has 1 N–H and O–H groups in total. The lowest BCUT2D eigenvalue weighted by atomic mass is 9.96. The van der Waals surface area contributed by atoms with E-state index in [4.69, 9.17) is 0 Å². The average molecular weight is 341 g/mol. The molecule has 0 saturated heterocycles. The van der Waals surface area contributed by atoms with Crippen LogP contribution in [0.5, 0.6) is 0 Å². The topological polar surface area (TPSA) is 74.8 Å². The Hall–Kier alpha value is -2.28. The monoisotopic (exact) mass is 341 g/mol. The number of rotatable bonds is 2. The van der Waals surface area contributed by atoms with Crippen molar-refractivity contribution in [1.29, 1.82) is 0 Å². The van der Waals surface area contributed by atoms with Gasteiger partial charge in [0, 0.05) is 24.3 Å². The number of fused-ring (bicyclic) bond motifs is 2. The number of aryl methyl sites for hydroxylation is 3. The van der Waals surface area contributed by atoms with Crippen LogP contribution in [0.2, 0.25) is 0 Å². The van der Waals surface area contributed by atoms with Gasteiger partial charge in [-0.05, 0) is 39.2 Å². The fraction of sp³-hybridized carbons (Fsp3) is 0.412. The molecule has 0 aromatic carbocycles. The van der Waals surface area contributed by atoms with Gasteiger partial charge in [-0.2, -0.15) is 5.10 Å². The highest BCUT2D eigenvalue weighted by Crippen LogP contribution is 2.37. The number of H-pyrrole nitrogens is 1. The van der Waals surface area contributed by atoms with Crippen molar-refractivity contribution < 1.29 is 4.79 Å². The van der Waals surface area contributed by atoms with E-state index >= 15 is 0 Å². The zero-order chi connectivity index (χ0) is 16.8. The Labute approximate surface area is 143 Å². The second-order valence-corrected chi connectivity index (χ2v) is 7.55. The number of amides is 1. The average Bonchev–Trinajstić information content (AvgIpc) is 3.15. The van der Waals surface area contributed by atoms with Crippen LogP contribution >= 0.6 is 11.3 Å². The first kappa shape index (κ1) is 15.3. The van der Waals surface area contributed by atoms with Gasteiger partial charge < -0.3 is 4.90 Å².